The molecule has 0 N–H and O–H groups in total. The van der Waals surface area contributed by atoms with Crippen molar-refractivity contribution in [1.29, 1.82) is 0 Å². The molecule has 5 heteroatoms. The Labute approximate surface area is 58.6 Å². The van der Waals surface area contributed by atoms with E-state index in [9.17, 15) is 0 Å². The zero-order chi connectivity index (χ0) is 3.58. The first-order valence-electron chi connectivity index (χ1n) is 0.655. The second-order valence-corrected chi connectivity index (χ2v) is 6.68. The smallest absolute Gasteiger partial charge is 0.123 e. The average Bonchev–Trinajstić information content (AvgIpc) is 0.811. The summed E-state index contributed by atoms with van der Waals surface area (Å²) in [6, 6.07) is 0. The lowest BCUT2D eigenvalue weighted by Crippen LogP contribution is -1.60. The van der Waals surface area contributed by atoms with Crippen LogP contribution in [0, 0.1) is 0 Å². The van der Waals surface area contributed by atoms with Crippen molar-refractivity contribution < 1.29 is 0 Å². The Morgan fingerprint density at radius 3 is 1.00 bits per heavy atom. The van der Waals surface area contributed by atoms with Crippen molar-refractivity contribution in [1.82, 2.24) is 0 Å². The summed E-state index contributed by atoms with van der Waals surface area (Å²) in [4.78, 5) is 0. The number of hydrogen-bond donors (Lipinski definition) is 0. The van der Waals surface area contributed by atoms with Crippen molar-refractivity contribution in [3.63, 3.8) is 0 Å². The number of rotatable bonds is 0. The van der Waals surface area contributed by atoms with Gasteiger partial charge in [0.25, 0.3) is 0 Å². The standard InChI is InChI=1S/BBr3.BH3/c2-1(3)4;/h;1H3. The van der Waals surface area contributed by atoms with Gasteiger partial charge in [0.2, 0.25) is 0 Å². The van der Waals surface area contributed by atoms with Gasteiger partial charge in [-0.15, -0.1) is 47.3 Å². The molecule has 0 aromatic carbocycles. The fraction of sp³-hybridized carbons (Fsp3) is 0. The molecule has 0 rings (SSSR count). The molecule has 0 aliphatic heterocycles. The summed E-state index contributed by atoms with van der Waals surface area (Å²) in [7, 11) is 0. The molecule has 0 nitrogen and oxygen atoms in total. The van der Waals surface area contributed by atoms with Crippen LogP contribution in [0.3, 0.4) is 0 Å². The Morgan fingerprint density at radius 1 is 1.00 bits per heavy atom. The Hall–Kier alpha value is 1.57. The summed E-state index contributed by atoms with van der Waals surface area (Å²) in [5.74, 6) is 0. The summed E-state index contributed by atoms with van der Waals surface area (Å²) in [6.45, 7) is 0. The Balaban J connectivity index is 0. The summed E-state index contributed by atoms with van der Waals surface area (Å²) in [6.07, 6.45) is 0. The lowest BCUT2D eigenvalue weighted by molar-refractivity contribution is 4.99. The van der Waals surface area contributed by atoms with Crippen molar-refractivity contribution in [2.75, 3.05) is 0 Å². The van der Waals surface area contributed by atoms with E-state index in [2.05, 4.69) is 47.3 Å². The molecule has 0 amide bonds. The largest absolute Gasteiger partial charge is 0.369 e. The monoisotopic (exact) mass is 262 g/mol. The highest BCUT2D eigenvalue weighted by atomic mass is 79.9. The summed E-state index contributed by atoms with van der Waals surface area (Å²) in [5, 5.41) is 0. The maximum absolute atomic E-state index is 3.10. The second-order valence-electron chi connectivity index (χ2n) is 0.247. The van der Waals surface area contributed by atoms with Crippen LogP contribution in [0.15, 0.2) is 0 Å². The minimum Gasteiger partial charge on any atom is -0.123 e. The maximum Gasteiger partial charge on any atom is 0.369 e. The number of hydrogen-bond acceptors (Lipinski definition) is 0. The Kier molecular flexibility index (Phi) is 10.9. The molecule has 30 valence electrons. The SMILES string of the molecule is B.BrB(Br)Br. The Morgan fingerprint density at radius 2 is 1.00 bits per heavy atom. The second kappa shape index (κ2) is 5.57. The van der Waals surface area contributed by atoms with Crippen LogP contribution in [0.25, 0.3) is 0 Å². The average molecular weight is 264 g/mol. The van der Waals surface area contributed by atoms with Crippen LogP contribution in [0.2, 0.25) is 0 Å². The summed E-state index contributed by atoms with van der Waals surface area (Å²) in [5.41, 5.74) is 0. The van der Waals surface area contributed by atoms with E-state index in [0.29, 0.717) is 0 Å². The highest BCUT2D eigenvalue weighted by molar-refractivity contribution is 9.69. The van der Waals surface area contributed by atoms with E-state index in [-0.39, 0.29) is 11.6 Å². The van der Waals surface area contributed by atoms with Gasteiger partial charge in [-0.3, -0.25) is 0 Å². The lowest BCUT2D eigenvalue weighted by Gasteiger charge is -1.63. The van der Waals surface area contributed by atoms with Crippen LogP contribution >= 0.6 is 47.3 Å². The molecular weight excluding hydrogens is 261 g/mol. The van der Waals surface area contributed by atoms with Gasteiger partial charge < -0.3 is 0 Å². The molecular formula is H3B2Br3. The lowest BCUT2D eigenvalue weighted by atomic mass is 10.8. The highest BCUT2D eigenvalue weighted by Gasteiger charge is 1.87. The van der Waals surface area contributed by atoms with Gasteiger partial charge in [-0.1, -0.05) is 0 Å². The van der Waals surface area contributed by atoms with E-state index < -0.39 is 0 Å². The fourth-order valence-electron chi connectivity index (χ4n) is 0. The zero-order valence-corrected chi connectivity index (χ0v) is 6.47. The van der Waals surface area contributed by atoms with Gasteiger partial charge in [-0.25, -0.2) is 0 Å². The van der Waals surface area contributed by atoms with Crippen LogP contribution in [0.1, 0.15) is 0 Å². The van der Waals surface area contributed by atoms with Crippen LogP contribution < -0.4 is 0 Å². The van der Waals surface area contributed by atoms with Gasteiger partial charge in [0.05, 0.1) is 8.41 Å². The van der Waals surface area contributed by atoms with Crippen molar-refractivity contribution >= 4 is 58.9 Å². The molecule has 0 atom stereocenters. The van der Waals surface area contributed by atoms with Crippen LogP contribution in [-0.4, -0.2) is 11.6 Å². The first kappa shape index (κ1) is 9.76. The van der Waals surface area contributed by atoms with E-state index in [1.807, 2.05) is 0 Å². The highest BCUT2D eigenvalue weighted by Crippen LogP contribution is 2.07. The molecule has 0 spiro atoms. The molecule has 0 saturated heterocycles. The topological polar surface area (TPSA) is 0 Å². The predicted octanol–water partition coefficient (Wildman–Crippen LogP) is 0.972. The normalized spacial score (nSPS) is 5.40. The first-order chi connectivity index (χ1) is 1.73. The molecule has 0 heterocycles. The van der Waals surface area contributed by atoms with Crippen LogP contribution in [0.4, 0.5) is 0 Å². The fourth-order valence-corrected chi connectivity index (χ4v) is 0. The Bertz CT molecular complexity index is 9.61. The summed E-state index contributed by atoms with van der Waals surface area (Å²) >= 11 is 9.31. The molecule has 0 aromatic rings. The molecule has 0 radical (unpaired) electrons. The molecule has 0 bridgehead atoms. The van der Waals surface area contributed by atoms with Crippen LogP contribution in [0.5, 0.6) is 0 Å². The minimum absolute atomic E-state index is 0. The van der Waals surface area contributed by atoms with Gasteiger partial charge >= 0.3 is 3.18 Å². The molecule has 0 aliphatic carbocycles. The third kappa shape index (κ3) is 28.8. The van der Waals surface area contributed by atoms with Gasteiger partial charge in [0, 0.05) is 0 Å². The zero-order valence-electron chi connectivity index (χ0n) is 1.71. The third-order valence-corrected chi connectivity index (χ3v) is 0. The van der Waals surface area contributed by atoms with E-state index in [4.69, 9.17) is 0 Å². The molecule has 0 saturated carbocycles. The van der Waals surface area contributed by atoms with E-state index in [0.717, 1.165) is 0 Å². The quantitative estimate of drug-likeness (QED) is 0.572. The molecule has 0 fully saturated rings. The number of halogens is 3. The van der Waals surface area contributed by atoms with Gasteiger partial charge in [0.1, 0.15) is 0 Å². The summed E-state index contributed by atoms with van der Waals surface area (Å²) < 4.78 is 0.271. The molecule has 5 heavy (non-hydrogen) atoms. The van der Waals surface area contributed by atoms with E-state index in [1.54, 1.807) is 0 Å². The minimum atomic E-state index is 0. The molecule has 0 unspecified atom stereocenters. The van der Waals surface area contributed by atoms with Crippen molar-refractivity contribution in [3.8, 4) is 0 Å². The predicted molar refractivity (Wildman–Crippen MR) is 42.5 cm³/mol. The first-order valence-corrected chi connectivity index (χ1v) is 3.40. The van der Waals surface area contributed by atoms with Crippen molar-refractivity contribution in [3.05, 3.63) is 0 Å². The van der Waals surface area contributed by atoms with Crippen LogP contribution in [-0.2, 0) is 0 Å². The van der Waals surface area contributed by atoms with E-state index >= 15 is 0 Å². The van der Waals surface area contributed by atoms with Crippen molar-refractivity contribution in [2.24, 2.45) is 0 Å². The van der Waals surface area contributed by atoms with Gasteiger partial charge in [-0.2, -0.15) is 0 Å². The van der Waals surface area contributed by atoms with Crippen molar-refractivity contribution in [2.45, 2.75) is 0 Å². The van der Waals surface area contributed by atoms with Gasteiger partial charge in [0.15, 0.2) is 0 Å². The van der Waals surface area contributed by atoms with Gasteiger partial charge in [-0.05, 0) is 0 Å². The molecule has 0 aliphatic rings. The maximum atomic E-state index is 3.10. The molecule has 0 aromatic heterocycles. The third-order valence-electron chi connectivity index (χ3n) is 0. The van der Waals surface area contributed by atoms with E-state index in [1.165, 1.54) is 0 Å².